The third-order valence-electron chi connectivity index (χ3n) is 3.34. The SMILES string of the molecule is N/C(=N\O)c1nonc1OC1CN(C(=O)C2(O)CC2)C1. The van der Waals surface area contributed by atoms with Crippen LogP contribution in [-0.4, -0.2) is 62.1 Å². The van der Waals surface area contributed by atoms with Gasteiger partial charge < -0.3 is 25.7 Å². The van der Waals surface area contributed by atoms with Gasteiger partial charge in [0, 0.05) is 0 Å². The van der Waals surface area contributed by atoms with E-state index >= 15 is 0 Å². The summed E-state index contributed by atoms with van der Waals surface area (Å²) in [5.74, 6) is -0.546. The molecule has 0 bridgehead atoms. The fourth-order valence-corrected chi connectivity index (χ4v) is 1.92. The van der Waals surface area contributed by atoms with Crippen LogP contribution in [0.15, 0.2) is 9.78 Å². The number of oxime groups is 1. The third-order valence-corrected chi connectivity index (χ3v) is 3.34. The van der Waals surface area contributed by atoms with Crippen LogP contribution in [0.2, 0.25) is 0 Å². The predicted octanol–water partition coefficient (Wildman–Crippen LogP) is -1.72. The molecule has 1 amide bonds. The number of hydrogen-bond donors (Lipinski definition) is 3. The average molecular weight is 283 g/mol. The number of aliphatic hydroxyl groups is 1. The van der Waals surface area contributed by atoms with Gasteiger partial charge in [-0.05, 0) is 23.2 Å². The van der Waals surface area contributed by atoms with Crippen molar-refractivity contribution in [1.82, 2.24) is 15.2 Å². The van der Waals surface area contributed by atoms with Gasteiger partial charge in [0.1, 0.15) is 11.7 Å². The van der Waals surface area contributed by atoms with Crippen LogP contribution in [0.5, 0.6) is 5.88 Å². The number of carbonyl (C=O) groups excluding carboxylic acids is 1. The molecule has 0 spiro atoms. The Morgan fingerprint density at radius 3 is 2.80 bits per heavy atom. The maximum Gasteiger partial charge on any atom is 0.287 e. The molecule has 1 aromatic rings. The van der Waals surface area contributed by atoms with Gasteiger partial charge in [0.15, 0.2) is 5.84 Å². The Morgan fingerprint density at radius 1 is 1.50 bits per heavy atom. The van der Waals surface area contributed by atoms with Crippen molar-refractivity contribution in [2.75, 3.05) is 13.1 Å². The van der Waals surface area contributed by atoms with Crippen molar-refractivity contribution in [2.24, 2.45) is 10.9 Å². The zero-order chi connectivity index (χ0) is 14.3. The van der Waals surface area contributed by atoms with Crippen LogP contribution in [0.25, 0.3) is 0 Å². The van der Waals surface area contributed by atoms with E-state index in [-0.39, 0.29) is 29.4 Å². The first-order valence-electron chi connectivity index (χ1n) is 6.02. The first kappa shape index (κ1) is 12.7. The van der Waals surface area contributed by atoms with Crippen LogP contribution in [0.4, 0.5) is 0 Å². The number of aromatic nitrogens is 2. The molecule has 20 heavy (non-hydrogen) atoms. The Balaban J connectivity index is 1.57. The van der Waals surface area contributed by atoms with Crippen LogP contribution < -0.4 is 10.5 Å². The Morgan fingerprint density at radius 2 is 2.20 bits per heavy atom. The highest BCUT2D eigenvalue weighted by molar-refractivity contribution is 5.96. The van der Waals surface area contributed by atoms with E-state index in [0.29, 0.717) is 25.9 Å². The second-order valence-corrected chi connectivity index (χ2v) is 4.88. The molecule has 1 aliphatic carbocycles. The smallest absolute Gasteiger partial charge is 0.287 e. The van der Waals surface area contributed by atoms with Crippen LogP contribution in [-0.2, 0) is 4.79 Å². The molecule has 2 fully saturated rings. The molecule has 0 atom stereocenters. The third kappa shape index (κ3) is 2.03. The average Bonchev–Trinajstić information content (AvgIpc) is 2.98. The van der Waals surface area contributed by atoms with Crippen molar-refractivity contribution in [3.05, 3.63) is 5.69 Å². The van der Waals surface area contributed by atoms with Crippen molar-refractivity contribution in [3.63, 3.8) is 0 Å². The van der Waals surface area contributed by atoms with Gasteiger partial charge in [0.2, 0.25) is 5.69 Å². The molecular formula is C10H13N5O5. The molecule has 10 heteroatoms. The molecule has 2 aliphatic rings. The number of rotatable bonds is 4. The summed E-state index contributed by atoms with van der Waals surface area (Å²) in [6, 6.07) is 0. The number of nitrogens with two attached hydrogens (primary N) is 1. The van der Waals surface area contributed by atoms with E-state index < -0.39 is 5.60 Å². The quantitative estimate of drug-likeness (QED) is 0.256. The van der Waals surface area contributed by atoms with Gasteiger partial charge in [0.25, 0.3) is 11.8 Å². The van der Waals surface area contributed by atoms with Crippen molar-refractivity contribution in [3.8, 4) is 5.88 Å². The van der Waals surface area contributed by atoms with Crippen molar-refractivity contribution < 1.29 is 24.5 Å². The van der Waals surface area contributed by atoms with Gasteiger partial charge in [-0.25, -0.2) is 4.63 Å². The standard InChI is InChI=1S/C10H13N5O5/c11-7(12-18)6-8(14-20-13-6)19-5-3-15(4-5)9(16)10(17)1-2-10/h5,17-18H,1-4H2,(H2,11,12). The molecule has 2 heterocycles. The van der Waals surface area contributed by atoms with E-state index in [4.69, 9.17) is 15.7 Å². The summed E-state index contributed by atoms with van der Waals surface area (Å²) in [7, 11) is 0. The van der Waals surface area contributed by atoms with Gasteiger partial charge in [-0.15, -0.1) is 0 Å². The topological polar surface area (TPSA) is 147 Å². The van der Waals surface area contributed by atoms with Crippen LogP contribution >= 0.6 is 0 Å². The summed E-state index contributed by atoms with van der Waals surface area (Å²) in [5.41, 5.74) is 4.21. The lowest BCUT2D eigenvalue weighted by Gasteiger charge is -2.39. The monoisotopic (exact) mass is 283 g/mol. The van der Waals surface area contributed by atoms with Crippen molar-refractivity contribution in [2.45, 2.75) is 24.5 Å². The molecule has 1 aromatic heterocycles. The Kier molecular flexibility index (Phi) is 2.74. The zero-order valence-corrected chi connectivity index (χ0v) is 10.4. The first-order valence-corrected chi connectivity index (χ1v) is 6.02. The summed E-state index contributed by atoms with van der Waals surface area (Å²) in [6.45, 7) is 0.674. The fraction of sp³-hybridized carbons (Fsp3) is 0.600. The minimum Gasteiger partial charge on any atom is -0.467 e. The molecule has 3 rings (SSSR count). The van der Waals surface area contributed by atoms with E-state index in [1.807, 2.05) is 0 Å². The van der Waals surface area contributed by atoms with Crippen molar-refractivity contribution in [1.29, 1.82) is 0 Å². The first-order chi connectivity index (χ1) is 9.53. The van der Waals surface area contributed by atoms with E-state index in [1.165, 1.54) is 4.90 Å². The second kappa shape index (κ2) is 4.34. The highest BCUT2D eigenvalue weighted by Crippen LogP contribution is 2.38. The number of amides is 1. The zero-order valence-electron chi connectivity index (χ0n) is 10.4. The lowest BCUT2D eigenvalue weighted by atomic mass is 10.1. The molecule has 0 aromatic carbocycles. The lowest BCUT2D eigenvalue weighted by Crippen LogP contribution is -2.59. The summed E-state index contributed by atoms with van der Waals surface area (Å²) < 4.78 is 9.90. The summed E-state index contributed by atoms with van der Waals surface area (Å²) in [6.07, 6.45) is 0.724. The molecule has 1 saturated heterocycles. The number of ether oxygens (including phenoxy) is 1. The number of nitrogens with zero attached hydrogens (tertiary/aromatic N) is 4. The Labute approximate surface area is 112 Å². The maximum atomic E-state index is 11.8. The molecule has 0 unspecified atom stereocenters. The van der Waals surface area contributed by atoms with Gasteiger partial charge in [-0.3, -0.25) is 4.79 Å². The Hall–Kier alpha value is -2.36. The van der Waals surface area contributed by atoms with Crippen LogP contribution in [0.1, 0.15) is 18.5 Å². The molecule has 4 N–H and O–H groups in total. The van der Waals surface area contributed by atoms with E-state index in [2.05, 4.69) is 20.1 Å². The number of amidine groups is 1. The lowest BCUT2D eigenvalue weighted by molar-refractivity contribution is -0.151. The molecule has 0 radical (unpaired) electrons. The van der Waals surface area contributed by atoms with Gasteiger partial charge in [-0.1, -0.05) is 5.16 Å². The van der Waals surface area contributed by atoms with Gasteiger partial charge >= 0.3 is 0 Å². The number of hydrogen-bond acceptors (Lipinski definition) is 8. The summed E-state index contributed by atoms with van der Waals surface area (Å²) in [4.78, 5) is 13.3. The molecular weight excluding hydrogens is 270 g/mol. The van der Waals surface area contributed by atoms with E-state index in [0.717, 1.165) is 0 Å². The highest BCUT2D eigenvalue weighted by Gasteiger charge is 2.52. The Bertz CT molecular complexity index is 560. The molecule has 1 saturated carbocycles. The highest BCUT2D eigenvalue weighted by atomic mass is 16.6. The van der Waals surface area contributed by atoms with Crippen LogP contribution in [0, 0.1) is 0 Å². The van der Waals surface area contributed by atoms with E-state index in [1.54, 1.807) is 0 Å². The summed E-state index contributed by atoms with van der Waals surface area (Å²) in [5, 5.41) is 28.0. The predicted molar refractivity (Wildman–Crippen MR) is 62.0 cm³/mol. The van der Waals surface area contributed by atoms with Gasteiger partial charge in [-0.2, -0.15) is 0 Å². The number of carbonyl (C=O) groups is 1. The normalized spacial score (nSPS) is 21.4. The minimum atomic E-state index is -1.17. The fourth-order valence-electron chi connectivity index (χ4n) is 1.92. The molecule has 10 nitrogen and oxygen atoms in total. The largest absolute Gasteiger partial charge is 0.467 e. The van der Waals surface area contributed by atoms with E-state index in [9.17, 15) is 9.90 Å². The number of likely N-dealkylation sites (tertiary alicyclic amines) is 1. The second-order valence-electron chi connectivity index (χ2n) is 4.88. The molecule has 1 aliphatic heterocycles. The van der Waals surface area contributed by atoms with Gasteiger partial charge in [0.05, 0.1) is 13.1 Å². The van der Waals surface area contributed by atoms with Crippen molar-refractivity contribution >= 4 is 11.7 Å². The summed E-state index contributed by atoms with van der Waals surface area (Å²) >= 11 is 0. The molecule has 108 valence electrons. The maximum absolute atomic E-state index is 11.8. The van der Waals surface area contributed by atoms with Crippen LogP contribution in [0.3, 0.4) is 0 Å². The minimum absolute atomic E-state index is 0.00176.